The maximum atomic E-state index is 11.2. The van der Waals surface area contributed by atoms with Crippen LogP contribution in [0.2, 0.25) is 0 Å². The van der Waals surface area contributed by atoms with Crippen molar-refractivity contribution in [3.05, 3.63) is 11.6 Å². The molecule has 0 heterocycles. The largest absolute Gasteiger partial charge is 0.466 e. The van der Waals surface area contributed by atoms with Crippen LogP contribution in [-0.2, 0) is 23.7 Å². The Kier molecular flexibility index (Phi) is 11.9. The topological polar surface area (TPSA) is 54.0 Å². The van der Waals surface area contributed by atoms with Gasteiger partial charge in [-0.05, 0) is 18.9 Å². The molecule has 106 valence electrons. The van der Waals surface area contributed by atoms with Crippen molar-refractivity contribution in [2.45, 2.75) is 19.8 Å². The van der Waals surface area contributed by atoms with Crippen molar-refractivity contribution in [3.63, 3.8) is 0 Å². The fourth-order valence-corrected chi connectivity index (χ4v) is 1.25. The number of methoxy groups -OCH3 is 2. The lowest BCUT2D eigenvalue weighted by Crippen LogP contribution is -2.07. The molecule has 0 aliphatic rings. The summed E-state index contributed by atoms with van der Waals surface area (Å²) in [5.74, 6) is -0.288. The third-order valence-electron chi connectivity index (χ3n) is 2.29. The summed E-state index contributed by atoms with van der Waals surface area (Å²) in [4.78, 5) is 11.2. The standard InChI is InChI=1S/C13H24O5/c1-4-12(13(14)16-3)6-9-17-7-5-8-18-11-10-15-2/h6H,4-5,7-11H2,1-3H3. The number of carbonyl (C=O) groups is 1. The summed E-state index contributed by atoms with van der Waals surface area (Å²) in [7, 11) is 3.02. The molecule has 18 heavy (non-hydrogen) atoms. The first-order valence-corrected chi connectivity index (χ1v) is 6.18. The first kappa shape index (κ1) is 17.1. The van der Waals surface area contributed by atoms with Crippen LogP contribution in [0.3, 0.4) is 0 Å². The molecule has 0 fully saturated rings. The van der Waals surface area contributed by atoms with Gasteiger partial charge in [-0.25, -0.2) is 4.79 Å². The second-order valence-corrected chi connectivity index (χ2v) is 3.61. The lowest BCUT2D eigenvalue weighted by Gasteiger charge is -2.05. The molecule has 0 aromatic heterocycles. The van der Waals surface area contributed by atoms with Gasteiger partial charge in [-0.15, -0.1) is 0 Å². The van der Waals surface area contributed by atoms with Gasteiger partial charge >= 0.3 is 5.97 Å². The average Bonchev–Trinajstić information content (AvgIpc) is 2.40. The normalized spacial score (nSPS) is 11.6. The molecule has 0 saturated carbocycles. The van der Waals surface area contributed by atoms with Gasteiger partial charge in [0.1, 0.15) is 0 Å². The monoisotopic (exact) mass is 260 g/mol. The Morgan fingerprint density at radius 2 is 1.78 bits per heavy atom. The lowest BCUT2D eigenvalue weighted by molar-refractivity contribution is -0.136. The summed E-state index contributed by atoms with van der Waals surface area (Å²) in [5, 5.41) is 0. The van der Waals surface area contributed by atoms with Gasteiger partial charge in [-0.2, -0.15) is 0 Å². The number of carbonyl (C=O) groups excluding carboxylic acids is 1. The number of hydrogen-bond donors (Lipinski definition) is 0. The van der Waals surface area contributed by atoms with Crippen LogP contribution in [0.25, 0.3) is 0 Å². The van der Waals surface area contributed by atoms with Crippen molar-refractivity contribution in [1.29, 1.82) is 0 Å². The van der Waals surface area contributed by atoms with Gasteiger partial charge in [0.25, 0.3) is 0 Å². The molecule has 0 aliphatic heterocycles. The van der Waals surface area contributed by atoms with Gasteiger partial charge < -0.3 is 18.9 Å². The Labute approximate surface area is 109 Å². The third-order valence-corrected chi connectivity index (χ3v) is 2.29. The second kappa shape index (κ2) is 12.5. The van der Waals surface area contributed by atoms with Crippen LogP contribution in [0, 0.1) is 0 Å². The number of rotatable bonds is 11. The molecule has 5 nitrogen and oxygen atoms in total. The van der Waals surface area contributed by atoms with E-state index in [1.54, 1.807) is 13.2 Å². The average molecular weight is 260 g/mol. The molecule has 0 rings (SSSR count). The SMILES string of the molecule is CCC(=CCOCCCOCCOC)C(=O)OC. The Bertz CT molecular complexity index is 238. The van der Waals surface area contributed by atoms with Gasteiger partial charge in [0.2, 0.25) is 0 Å². The van der Waals surface area contributed by atoms with E-state index >= 15 is 0 Å². The molecule has 0 radical (unpaired) electrons. The van der Waals surface area contributed by atoms with Crippen LogP contribution in [0.4, 0.5) is 0 Å². The predicted octanol–water partition coefficient (Wildman–Crippen LogP) is 1.57. The van der Waals surface area contributed by atoms with Gasteiger partial charge in [0.05, 0.1) is 26.9 Å². The van der Waals surface area contributed by atoms with E-state index in [1.165, 1.54) is 7.11 Å². The Morgan fingerprint density at radius 1 is 1.06 bits per heavy atom. The van der Waals surface area contributed by atoms with E-state index in [0.29, 0.717) is 45.0 Å². The van der Waals surface area contributed by atoms with E-state index < -0.39 is 0 Å². The van der Waals surface area contributed by atoms with Gasteiger partial charge in [-0.1, -0.05) is 6.92 Å². The molecule has 0 N–H and O–H groups in total. The first-order valence-electron chi connectivity index (χ1n) is 6.18. The van der Waals surface area contributed by atoms with Gasteiger partial charge in [0.15, 0.2) is 0 Å². The Morgan fingerprint density at radius 3 is 2.39 bits per heavy atom. The summed E-state index contributed by atoms with van der Waals surface area (Å²) in [6.07, 6.45) is 3.24. The van der Waals surface area contributed by atoms with Crippen LogP contribution >= 0.6 is 0 Å². The zero-order valence-corrected chi connectivity index (χ0v) is 11.6. The maximum absolute atomic E-state index is 11.2. The van der Waals surface area contributed by atoms with Gasteiger partial charge in [0, 0.05) is 25.9 Å². The zero-order valence-electron chi connectivity index (χ0n) is 11.6. The summed E-state index contributed by atoms with van der Waals surface area (Å²) in [6.45, 7) is 4.83. The van der Waals surface area contributed by atoms with Gasteiger partial charge in [-0.3, -0.25) is 0 Å². The number of hydrogen-bond acceptors (Lipinski definition) is 5. The minimum Gasteiger partial charge on any atom is -0.466 e. The molecule has 0 bridgehead atoms. The lowest BCUT2D eigenvalue weighted by atomic mass is 10.2. The van der Waals surface area contributed by atoms with Crippen LogP contribution in [-0.4, -0.2) is 53.2 Å². The van der Waals surface area contributed by atoms with Crippen molar-refractivity contribution in [2.24, 2.45) is 0 Å². The number of ether oxygens (including phenoxy) is 4. The van der Waals surface area contributed by atoms with E-state index in [1.807, 2.05) is 6.92 Å². The smallest absolute Gasteiger partial charge is 0.333 e. The number of esters is 1. The van der Waals surface area contributed by atoms with E-state index in [2.05, 4.69) is 4.74 Å². The van der Waals surface area contributed by atoms with E-state index in [9.17, 15) is 4.79 Å². The van der Waals surface area contributed by atoms with Crippen molar-refractivity contribution in [1.82, 2.24) is 0 Å². The van der Waals surface area contributed by atoms with E-state index in [4.69, 9.17) is 14.2 Å². The van der Waals surface area contributed by atoms with Crippen LogP contribution in [0.15, 0.2) is 11.6 Å². The molecule has 0 atom stereocenters. The summed E-state index contributed by atoms with van der Waals surface area (Å²) in [6, 6.07) is 0. The van der Waals surface area contributed by atoms with Crippen LogP contribution in [0.1, 0.15) is 19.8 Å². The summed E-state index contributed by atoms with van der Waals surface area (Å²) < 4.78 is 20.1. The van der Waals surface area contributed by atoms with E-state index in [0.717, 1.165) is 6.42 Å². The predicted molar refractivity (Wildman–Crippen MR) is 68.5 cm³/mol. The van der Waals surface area contributed by atoms with Crippen LogP contribution in [0.5, 0.6) is 0 Å². The molecule has 0 saturated heterocycles. The molecule has 0 aromatic rings. The molecule has 0 unspecified atom stereocenters. The van der Waals surface area contributed by atoms with Crippen molar-refractivity contribution in [3.8, 4) is 0 Å². The minimum absolute atomic E-state index is 0.288. The van der Waals surface area contributed by atoms with Crippen LogP contribution < -0.4 is 0 Å². The van der Waals surface area contributed by atoms with E-state index in [-0.39, 0.29) is 5.97 Å². The zero-order chi connectivity index (χ0) is 13.6. The van der Waals surface area contributed by atoms with Crippen molar-refractivity contribution in [2.75, 3.05) is 47.3 Å². The fourth-order valence-electron chi connectivity index (χ4n) is 1.25. The second-order valence-electron chi connectivity index (χ2n) is 3.61. The molecular weight excluding hydrogens is 236 g/mol. The highest BCUT2D eigenvalue weighted by atomic mass is 16.5. The highest BCUT2D eigenvalue weighted by Crippen LogP contribution is 2.02. The molecule has 0 aliphatic carbocycles. The highest BCUT2D eigenvalue weighted by Gasteiger charge is 2.05. The highest BCUT2D eigenvalue weighted by molar-refractivity contribution is 5.88. The van der Waals surface area contributed by atoms with Crippen molar-refractivity contribution >= 4 is 5.97 Å². The molecule has 0 spiro atoms. The molecular formula is C13H24O5. The molecule has 5 heteroatoms. The van der Waals surface area contributed by atoms with Crippen molar-refractivity contribution < 1.29 is 23.7 Å². The summed E-state index contributed by atoms with van der Waals surface area (Å²) >= 11 is 0. The molecule has 0 aromatic carbocycles. The fraction of sp³-hybridized carbons (Fsp3) is 0.769. The minimum atomic E-state index is -0.288. The quantitative estimate of drug-likeness (QED) is 0.320. The summed E-state index contributed by atoms with van der Waals surface area (Å²) in [5.41, 5.74) is 0.647. The maximum Gasteiger partial charge on any atom is 0.333 e. The third kappa shape index (κ3) is 9.15. The molecule has 0 amide bonds. The first-order chi connectivity index (χ1) is 8.76. The Balaban J connectivity index is 3.48. The Hall–Kier alpha value is -0.910.